The van der Waals surface area contributed by atoms with Crippen LogP contribution in [0.2, 0.25) is 0 Å². The summed E-state index contributed by atoms with van der Waals surface area (Å²) in [5.74, 6) is -1.70. The van der Waals surface area contributed by atoms with Crippen LogP contribution in [-0.4, -0.2) is 16.8 Å². The molecule has 0 radical (unpaired) electrons. The Labute approximate surface area is 140 Å². The van der Waals surface area contributed by atoms with E-state index in [9.17, 15) is 14.9 Å². The quantitative estimate of drug-likeness (QED) is 0.824. The van der Waals surface area contributed by atoms with Gasteiger partial charge in [-0.25, -0.2) is 0 Å². The zero-order valence-electron chi connectivity index (χ0n) is 13.9. The fraction of sp³-hybridized carbons (Fsp3) is 0.333. The van der Waals surface area contributed by atoms with Crippen molar-refractivity contribution in [3.63, 3.8) is 0 Å². The standard InChI is InChI=1S/C18H19N3O3/c1-11-5-4-6-14(9-11)20-18(23)16(10-19)17(22)8-7-15-12(2)21-24-13(15)3/h4-6,9,16H,7-8H2,1-3H3,(H,20,23)/t16-/m0/s1. The minimum atomic E-state index is -1.33. The molecule has 6 nitrogen and oxygen atoms in total. The molecular formula is C18H19N3O3. The van der Waals surface area contributed by atoms with Gasteiger partial charge in [0.25, 0.3) is 0 Å². The molecule has 6 heteroatoms. The predicted octanol–water partition coefficient (Wildman–Crippen LogP) is 2.88. The smallest absolute Gasteiger partial charge is 0.249 e. The van der Waals surface area contributed by atoms with Crippen molar-refractivity contribution in [1.29, 1.82) is 5.26 Å². The monoisotopic (exact) mass is 325 g/mol. The van der Waals surface area contributed by atoms with Crippen LogP contribution in [0.25, 0.3) is 0 Å². The van der Waals surface area contributed by atoms with Crippen molar-refractivity contribution >= 4 is 17.4 Å². The molecule has 0 aliphatic carbocycles. The van der Waals surface area contributed by atoms with E-state index in [2.05, 4.69) is 10.5 Å². The second kappa shape index (κ2) is 7.55. The summed E-state index contributed by atoms with van der Waals surface area (Å²) in [5, 5.41) is 15.6. The second-order valence-electron chi connectivity index (χ2n) is 5.69. The van der Waals surface area contributed by atoms with Crippen LogP contribution in [0.5, 0.6) is 0 Å². The second-order valence-corrected chi connectivity index (χ2v) is 5.69. The molecule has 0 unspecified atom stereocenters. The van der Waals surface area contributed by atoms with E-state index < -0.39 is 17.6 Å². The number of nitriles is 1. The zero-order valence-corrected chi connectivity index (χ0v) is 13.9. The highest BCUT2D eigenvalue weighted by atomic mass is 16.5. The minimum absolute atomic E-state index is 0.0857. The number of benzene rings is 1. The van der Waals surface area contributed by atoms with E-state index in [1.165, 1.54) is 0 Å². The van der Waals surface area contributed by atoms with Gasteiger partial charge < -0.3 is 9.84 Å². The molecule has 0 aliphatic heterocycles. The Hall–Kier alpha value is -2.94. The van der Waals surface area contributed by atoms with Gasteiger partial charge in [0.15, 0.2) is 11.7 Å². The van der Waals surface area contributed by atoms with Gasteiger partial charge in [-0.15, -0.1) is 0 Å². The highest BCUT2D eigenvalue weighted by Gasteiger charge is 2.26. The molecule has 1 aromatic heterocycles. The molecule has 1 heterocycles. The summed E-state index contributed by atoms with van der Waals surface area (Å²) >= 11 is 0. The first-order valence-corrected chi connectivity index (χ1v) is 7.64. The lowest BCUT2D eigenvalue weighted by Gasteiger charge is -2.10. The lowest BCUT2D eigenvalue weighted by Crippen LogP contribution is -2.28. The Morgan fingerprint density at radius 2 is 2.08 bits per heavy atom. The molecule has 1 amide bonds. The van der Waals surface area contributed by atoms with Crippen molar-refractivity contribution in [2.24, 2.45) is 5.92 Å². The zero-order chi connectivity index (χ0) is 17.7. The van der Waals surface area contributed by atoms with Crippen molar-refractivity contribution in [3.8, 4) is 6.07 Å². The molecule has 0 bridgehead atoms. The molecule has 124 valence electrons. The molecule has 1 aromatic carbocycles. The first-order valence-electron chi connectivity index (χ1n) is 7.64. The summed E-state index contributed by atoms with van der Waals surface area (Å²) in [6.07, 6.45) is 0.484. The fourth-order valence-electron chi connectivity index (χ4n) is 2.47. The number of carbonyl (C=O) groups is 2. The SMILES string of the molecule is Cc1cccc(NC(=O)[C@@H](C#N)C(=O)CCc2c(C)noc2C)c1. The van der Waals surface area contributed by atoms with Gasteiger partial charge >= 0.3 is 0 Å². The Morgan fingerprint density at radius 1 is 1.33 bits per heavy atom. The summed E-state index contributed by atoms with van der Waals surface area (Å²) in [4.78, 5) is 24.5. The van der Waals surface area contributed by atoms with Crippen LogP contribution in [0.3, 0.4) is 0 Å². The number of amides is 1. The van der Waals surface area contributed by atoms with Crippen LogP contribution in [0.4, 0.5) is 5.69 Å². The maximum absolute atomic E-state index is 12.3. The van der Waals surface area contributed by atoms with E-state index >= 15 is 0 Å². The number of nitrogens with one attached hydrogen (secondary N) is 1. The highest BCUT2D eigenvalue weighted by molar-refractivity contribution is 6.09. The minimum Gasteiger partial charge on any atom is -0.361 e. The maximum Gasteiger partial charge on any atom is 0.249 e. The molecule has 0 saturated carbocycles. The van der Waals surface area contributed by atoms with E-state index in [1.807, 2.05) is 13.0 Å². The number of aromatic nitrogens is 1. The first-order chi connectivity index (χ1) is 11.4. The van der Waals surface area contributed by atoms with E-state index in [0.717, 1.165) is 16.8 Å². The van der Waals surface area contributed by atoms with Gasteiger partial charge in [0.05, 0.1) is 11.8 Å². The molecule has 0 saturated heterocycles. The first kappa shape index (κ1) is 17.4. The van der Waals surface area contributed by atoms with Crippen LogP contribution in [0, 0.1) is 38.0 Å². The topological polar surface area (TPSA) is 96.0 Å². The van der Waals surface area contributed by atoms with E-state index in [1.54, 1.807) is 38.1 Å². The molecule has 1 atom stereocenters. The number of anilines is 1. The number of hydrogen-bond donors (Lipinski definition) is 1. The van der Waals surface area contributed by atoms with Crippen molar-refractivity contribution in [2.45, 2.75) is 33.6 Å². The Balaban J connectivity index is 2.00. The molecule has 2 rings (SSSR count). The Bertz CT molecular complexity index is 783. The number of Topliss-reactive ketones (excluding diaryl/α,β-unsaturated/α-hetero) is 1. The van der Waals surface area contributed by atoms with Gasteiger partial charge in [0.1, 0.15) is 5.76 Å². The van der Waals surface area contributed by atoms with E-state index in [4.69, 9.17) is 4.52 Å². The van der Waals surface area contributed by atoms with Gasteiger partial charge in [0.2, 0.25) is 5.91 Å². The molecule has 1 N–H and O–H groups in total. The van der Waals surface area contributed by atoms with Crippen LogP contribution < -0.4 is 5.32 Å². The van der Waals surface area contributed by atoms with Crippen molar-refractivity contribution < 1.29 is 14.1 Å². The van der Waals surface area contributed by atoms with Crippen LogP contribution >= 0.6 is 0 Å². The average Bonchev–Trinajstić information content (AvgIpc) is 2.84. The Kier molecular flexibility index (Phi) is 5.48. The van der Waals surface area contributed by atoms with Gasteiger partial charge in [-0.2, -0.15) is 5.26 Å². The predicted molar refractivity (Wildman–Crippen MR) is 88.2 cm³/mol. The molecule has 0 spiro atoms. The number of carbonyl (C=O) groups excluding carboxylic acids is 2. The van der Waals surface area contributed by atoms with Gasteiger partial charge in [-0.05, 0) is 44.9 Å². The lowest BCUT2D eigenvalue weighted by molar-refractivity contribution is -0.128. The lowest BCUT2D eigenvalue weighted by atomic mass is 9.97. The summed E-state index contributed by atoms with van der Waals surface area (Å²) < 4.78 is 5.05. The van der Waals surface area contributed by atoms with Gasteiger partial charge in [-0.1, -0.05) is 17.3 Å². The molecule has 24 heavy (non-hydrogen) atoms. The summed E-state index contributed by atoms with van der Waals surface area (Å²) in [5.41, 5.74) is 3.11. The van der Waals surface area contributed by atoms with Crippen LogP contribution in [0.1, 0.15) is 29.0 Å². The highest BCUT2D eigenvalue weighted by Crippen LogP contribution is 2.17. The molecule has 0 fully saturated rings. The van der Waals surface area contributed by atoms with Crippen LogP contribution in [0.15, 0.2) is 28.8 Å². The number of aryl methyl sites for hydroxylation is 3. The van der Waals surface area contributed by atoms with Crippen molar-refractivity contribution in [2.75, 3.05) is 5.32 Å². The summed E-state index contributed by atoms with van der Waals surface area (Å²) in [6, 6.07) is 8.98. The van der Waals surface area contributed by atoms with Crippen molar-refractivity contribution in [1.82, 2.24) is 5.16 Å². The third-order valence-corrected chi connectivity index (χ3v) is 3.80. The number of ketones is 1. The average molecular weight is 325 g/mol. The number of nitrogens with zero attached hydrogens (tertiary/aromatic N) is 2. The van der Waals surface area contributed by atoms with Crippen LogP contribution in [-0.2, 0) is 16.0 Å². The fourth-order valence-corrected chi connectivity index (χ4v) is 2.47. The van der Waals surface area contributed by atoms with E-state index in [0.29, 0.717) is 17.9 Å². The van der Waals surface area contributed by atoms with Gasteiger partial charge in [-0.3, -0.25) is 9.59 Å². The third-order valence-electron chi connectivity index (χ3n) is 3.80. The maximum atomic E-state index is 12.3. The largest absolute Gasteiger partial charge is 0.361 e. The summed E-state index contributed by atoms with van der Waals surface area (Å²) in [7, 11) is 0. The number of rotatable bonds is 6. The molecule has 2 aromatic rings. The number of hydrogen-bond acceptors (Lipinski definition) is 5. The molecular weight excluding hydrogens is 306 g/mol. The Morgan fingerprint density at radius 3 is 2.67 bits per heavy atom. The third kappa shape index (κ3) is 4.07. The summed E-state index contributed by atoms with van der Waals surface area (Å²) in [6.45, 7) is 5.46. The van der Waals surface area contributed by atoms with Gasteiger partial charge in [0, 0.05) is 17.7 Å². The molecule has 0 aliphatic rings. The van der Waals surface area contributed by atoms with E-state index in [-0.39, 0.29) is 6.42 Å². The van der Waals surface area contributed by atoms with Crippen molar-refractivity contribution in [3.05, 3.63) is 46.8 Å². The normalized spacial score (nSPS) is 11.6.